The Kier molecular flexibility index (Phi) is 3.69. The fourth-order valence-corrected chi connectivity index (χ4v) is 1.54. The maximum atomic E-state index is 11.7. The number of amides is 1. The molecule has 0 heterocycles. The molecule has 3 heteroatoms. The Morgan fingerprint density at radius 1 is 1.43 bits per heavy atom. The Hall–Kier alpha value is -0.830. The van der Waals surface area contributed by atoms with Crippen LogP contribution in [0.5, 0.6) is 0 Å². The van der Waals surface area contributed by atoms with Crippen LogP contribution in [0.4, 0.5) is 0 Å². The zero-order valence-corrected chi connectivity index (χ0v) is 10.2. The molecule has 0 radical (unpaired) electrons. The van der Waals surface area contributed by atoms with Gasteiger partial charge in [0.15, 0.2) is 0 Å². The quantitative estimate of drug-likeness (QED) is 0.866. The number of aryl methyl sites for hydroxylation is 1. The number of rotatable bonds is 2. The molecule has 0 spiro atoms. The third-order valence-corrected chi connectivity index (χ3v) is 2.36. The summed E-state index contributed by atoms with van der Waals surface area (Å²) in [6.07, 6.45) is 0. The largest absolute Gasteiger partial charge is 0.350 e. The number of hydrogen-bond acceptors (Lipinski definition) is 1. The Labute approximate surface area is 92.8 Å². The van der Waals surface area contributed by atoms with Crippen LogP contribution in [0.3, 0.4) is 0 Å². The zero-order valence-electron chi connectivity index (χ0n) is 8.60. The first-order valence-electron chi connectivity index (χ1n) is 4.57. The van der Waals surface area contributed by atoms with Crippen LogP contribution in [0.15, 0.2) is 22.7 Å². The first-order chi connectivity index (χ1) is 6.50. The second kappa shape index (κ2) is 4.60. The molecular formula is C11H14BrNO. The normalized spacial score (nSPS) is 10.4. The van der Waals surface area contributed by atoms with Crippen molar-refractivity contribution in [2.45, 2.75) is 26.8 Å². The van der Waals surface area contributed by atoms with E-state index in [-0.39, 0.29) is 11.9 Å². The molecule has 14 heavy (non-hydrogen) atoms. The monoisotopic (exact) mass is 255 g/mol. The summed E-state index contributed by atoms with van der Waals surface area (Å²) in [6.45, 7) is 5.83. The molecule has 0 aliphatic heterocycles. The molecular weight excluding hydrogens is 242 g/mol. The SMILES string of the molecule is Cc1ccc(Br)cc1C(=O)NC(C)C. The summed E-state index contributed by atoms with van der Waals surface area (Å²) in [5, 5.41) is 2.87. The number of hydrogen-bond donors (Lipinski definition) is 1. The van der Waals surface area contributed by atoms with Crippen LogP contribution in [-0.4, -0.2) is 11.9 Å². The summed E-state index contributed by atoms with van der Waals surface area (Å²) in [5.41, 5.74) is 1.72. The van der Waals surface area contributed by atoms with E-state index >= 15 is 0 Å². The summed E-state index contributed by atoms with van der Waals surface area (Å²) in [7, 11) is 0. The highest BCUT2D eigenvalue weighted by Crippen LogP contribution is 2.15. The van der Waals surface area contributed by atoms with Gasteiger partial charge in [0.05, 0.1) is 0 Å². The van der Waals surface area contributed by atoms with Crippen molar-refractivity contribution in [1.82, 2.24) is 5.32 Å². The molecule has 1 amide bonds. The predicted molar refractivity (Wildman–Crippen MR) is 61.5 cm³/mol. The maximum absolute atomic E-state index is 11.7. The van der Waals surface area contributed by atoms with E-state index < -0.39 is 0 Å². The van der Waals surface area contributed by atoms with Gasteiger partial charge in [0.1, 0.15) is 0 Å². The van der Waals surface area contributed by atoms with Crippen LogP contribution in [0.1, 0.15) is 29.8 Å². The van der Waals surface area contributed by atoms with E-state index in [1.54, 1.807) is 0 Å². The summed E-state index contributed by atoms with van der Waals surface area (Å²) in [6, 6.07) is 5.87. The molecule has 0 saturated heterocycles. The van der Waals surface area contributed by atoms with Crippen molar-refractivity contribution in [3.05, 3.63) is 33.8 Å². The van der Waals surface area contributed by atoms with Gasteiger partial charge in [-0.05, 0) is 38.5 Å². The molecule has 1 N–H and O–H groups in total. The second-order valence-electron chi connectivity index (χ2n) is 3.59. The number of carbonyl (C=O) groups is 1. The molecule has 0 saturated carbocycles. The van der Waals surface area contributed by atoms with Crippen LogP contribution in [0, 0.1) is 6.92 Å². The minimum atomic E-state index is -0.0150. The number of benzene rings is 1. The molecule has 0 aromatic heterocycles. The molecule has 76 valence electrons. The lowest BCUT2D eigenvalue weighted by Crippen LogP contribution is -2.30. The Balaban J connectivity index is 2.94. The van der Waals surface area contributed by atoms with Crippen LogP contribution < -0.4 is 5.32 Å². The van der Waals surface area contributed by atoms with Crippen LogP contribution in [-0.2, 0) is 0 Å². The van der Waals surface area contributed by atoms with Crippen LogP contribution in [0.25, 0.3) is 0 Å². The Bertz CT molecular complexity index is 347. The van der Waals surface area contributed by atoms with Crippen LogP contribution >= 0.6 is 15.9 Å². The second-order valence-corrected chi connectivity index (χ2v) is 4.50. The molecule has 1 aromatic carbocycles. The van der Waals surface area contributed by atoms with Crippen LogP contribution in [0.2, 0.25) is 0 Å². The van der Waals surface area contributed by atoms with Gasteiger partial charge in [-0.1, -0.05) is 22.0 Å². The van der Waals surface area contributed by atoms with Gasteiger partial charge in [0.2, 0.25) is 0 Å². The van der Waals surface area contributed by atoms with Crippen molar-refractivity contribution in [3.8, 4) is 0 Å². The van der Waals surface area contributed by atoms with Gasteiger partial charge in [-0.25, -0.2) is 0 Å². The highest BCUT2D eigenvalue weighted by molar-refractivity contribution is 9.10. The zero-order chi connectivity index (χ0) is 10.7. The highest BCUT2D eigenvalue weighted by Gasteiger charge is 2.09. The standard InChI is InChI=1S/C11H14BrNO/c1-7(2)13-11(14)10-6-9(12)5-4-8(10)3/h4-7H,1-3H3,(H,13,14). The van der Waals surface area contributed by atoms with E-state index in [1.807, 2.05) is 39.0 Å². The van der Waals surface area contributed by atoms with Gasteiger partial charge in [-0.15, -0.1) is 0 Å². The van der Waals surface area contributed by atoms with E-state index in [2.05, 4.69) is 21.2 Å². The Morgan fingerprint density at radius 2 is 2.07 bits per heavy atom. The maximum Gasteiger partial charge on any atom is 0.251 e. The average Bonchev–Trinajstić information content (AvgIpc) is 2.08. The molecule has 0 unspecified atom stereocenters. The molecule has 0 bridgehead atoms. The van der Waals surface area contributed by atoms with Gasteiger partial charge in [0.25, 0.3) is 5.91 Å². The topological polar surface area (TPSA) is 29.1 Å². The van der Waals surface area contributed by atoms with Crippen molar-refractivity contribution in [3.63, 3.8) is 0 Å². The smallest absolute Gasteiger partial charge is 0.251 e. The minimum Gasteiger partial charge on any atom is -0.350 e. The molecule has 0 fully saturated rings. The molecule has 1 rings (SSSR count). The summed E-state index contributed by atoms with van der Waals surface area (Å²) >= 11 is 3.35. The third kappa shape index (κ3) is 2.84. The molecule has 2 nitrogen and oxygen atoms in total. The summed E-state index contributed by atoms with van der Waals surface area (Å²) in [4.78, 5) is 11.7. The fourth-order valence-electron chi connectivity index (χ4n) is 1.18. The summed E-state index contributed by atoms with van der Waals surface area (Å²) in [5.74, 6) is -0.0150. The lowest BCUT2D eigenvalue weighted by molar-refractivity contribution is 0.0942. The minimum absolute atomic E-state index is 0.0150. The van der Waals surface area contributed by atoms with Crippen molar-refractivity contribution in [1.29, 1.82) is 0 Å². The third-order valence-electron chi connectivity index (χ3n) is 1.86. The molecule has 0 aliphatic carbocycles. The number of halogens is 1. The van der Waals surface area contributed by atoms with Crippen molar-refractivity contribution in [2.75, 3.05) is 0 Å². The lowest BCUT2D eigenvalue weighted by Gasteiger charge is -2.10. The first kappa shape index (κ1) is 11.2. The van der Waals surface area contributed by atoms with Crippen molar-refractivity contribution >= 4 is 21.8 Å². The number of nitrogens with one attached hydrogen (secondary N) is 1. The average molecular weight is 256 g/mol. The van der Waals surface area contributed by atoms with Gasteiger partial charge in [-0.3, -0.25) is 4.79 Å². The van der Waals surface area contributed by atoms with E-state index in [0.29, 0.717) is 0 Å². The van der Waals surface area contributed by atoms with Crippen molar-refractivity contribution < 1.29 is 4.79 Å². The van der Waals surface area contributed by atoms with E-state index in [1.165, 1.54) is 0 Å². The fraction of sp³-hybridized carbons (Fsp3) is 0.364. The van der Waals surface area contributed by atoms with E-state index in [4.69, 9.17) is 0 Å². The van der Waals surface area contributed by atoms with Crippen molar-refractivity contribution in [2.24, 2.45) is 0 Å². The van der Waals surface area contributed by atoms with E-state index in [0.717, 1.165) is 15.6 Å². The molecule has 1 aromatic rings. The van der Waals surface area contributed by atoms with Gasteiger partial charge in [0, 0.05) is 16.1 Å². The highest BCUT2D eigenvalue weighted by atomic mass is 79.9. The Morgan fingerprint density at radius 3 is 2.64 bits per heavy atom. The molecule has 0 aliphatic rings. The lowest BCUT2D eigenvalue weighted by atomic mass is 10.1. The predicted octanol–water partition coefficient (Wildman–Crippen LogP) is 2.90. The van der Waals surface area contributed by atoms with E-state index in [9.17, 15) is 4.79 Å². The van der Waals surface area contributed by atoms with Gasteiger partial charge >= 0.3 is 0 Å². The van der Waals surface area contributed by atoms with Gasteiger partial charge in [-0.2, -0.15) is 0 Å². The van der Waals surface area contributed by atoms with Gasteiger partial charge < -0.3 is 5.32 Å². The summed E-state index contributed by atoms with van der Waals surface area (Å²) < 4.78 is 0.928. The first-order valence-corrected chi connectivity index (χ1v) is 5.37. The number of carbonyl (C=O) groups excluding carboxylic acids is 1. The molecule has 0 atom stereocenters.